The van der Waals surface area contributed by atoms with E-state index in [0.717, 1.165) is 32.1 Å². The molecule has 0 radical (unpaired) electrons. The fraction of sp³-hybridized carbons (Fsp3) is 1.00. The van der Waals surface area contributed by atoms with E-state index in [0.29, 0.717) is 25.6 Å². The average Bonchev–Trinajstić information content (AvgIpc) is 2.29. The zero-order valence-electron chi connectivity index (χ0n) is 10.5. The number of nitrogens with two attached hydrogens (primary N) is 1. The highest BCUT2D eigenvalue weighted by Gasteiger charge is 2.36. The summed E-state index contributed by atoms with van der Waals surface area (Å²) in [4.78, 5) is 0. The monoisotopic (exact) mass is 261 g/mol. The molecule has 2 aliphatic rings. The second-order valence-electron chi connectivity index (χ2n) is 5.29. The summed E-state index contributed by atoms with van der Waals surface area (Å²) in [5, 5.41) is 0. The second-order valence-corrected chi connectivity index (χ2v) is 7.17. The van der Waals surface area contributed by atoms with E-state index in [1.54, 1.807) is 4.31 Å². The summed E-state index contributed by atoms with van der Waals surface area (Å²) >= 11 is 0. The maximum atomic E-state index is 12.5. The van der Waals surface area contributed by atoms with Crippen molar-refractivity contribution in [3.05, 3.63) is 0 Å². The van der Waals surface area contributed by atoms with Crippen LogP contribution in [-0.2, 0) is 10.2 Å². The number of rotatable bonds is 2. The fourth-order valence-electron chi connectivity index (χ4n) is 2.72. The van der Waals surface area contributed by atoms with Gasteiger partial charge in [-0.15, -0.1) is 0 Å². The van der Waals surface area contributed by atoms with Crippen molar-refractivity contribution in [1.82, 2.24) is 8.61 Å². The average molecular weight is 261 g/mol. The SMILES string of the molecule is CC1CCCN(S(=O)(=O)N2CCCCC2N)C1. The lowest BCUT2D eigenvalue weighted by Gasteiger charge is -2.38. The highest BCUT2D eigenvalue weighted by Crippen LogP contribution is 2.24. The van der Waals surface area contributed by atoms with Crippen LogP contribution in [0.3, 0.4) is 0 Å². The normalized spacial score (nSPS) is 33.8. The molecule has 0 spiro atoms. The quantitative estimate of drug-likeness (QED) is 0.797. The topological polar surface area (TPSA) is 66.6 Å². The van der Waals surface area contributed by atoms with E-state index in [9.17, 15) is 8.42 Å². The van der Waals surface area contributed by atoms with Gasteiger partial charge in [-0.25, -0.2) is 0 Å². The van der Waals surface area contributed by atoms with Crippen molar-refractivity contribution in [3.8, 4) is 0 Å². The predicted molar refractivity (Wildman–Crippen MR) is 67.4 cm³/mol. The molecule has 0 saturated carbocycles. The molecule has 100 valence electrons. The molecule has 2 aliphatic heterocycles. The van der Waals surface area contributed by atoms with Crippen LogP contribution in [0, 0.1) is 5.92 Å². The van der Waals surface area contributed by atoms with Crippen molar-refractivity contribution < 1.29 is 8.42 Å². The van der Waals surface area contributed by atoms with E-state index in [4.69, 9.17) is 5.73 Å². The Hall–Kier alpha value is -0.170. The van der Waals surface area contributed by atoms with Crippen LogP contribution < -0.4 is 5.73 Å². The molecule has 2 saturated heterocycles. The molecule has 0 aliphatic carbocycles. The third kappa shape index (κ3) is 2.81. The number of hydrogen-bond acceptors (Lipinski definition) is 3. The Balaban J connectivity index is 2.11. The maximum Gasteiger partial charge on any atom is 0.283 e. The first-order valence-corrected chi connectivity index (χ1v) is 7.94. The maximum absolute atomic E-state index is 12.5. The van der Waals surface area contributed by atoms with Gasteiger partial charge in [0.25, 0.3) is 10.2 Å². The standard InChI is InChI=1S/C11H23N3O2S/c1-10-5-4-7-13(9-10)17(15,16)14-8-3-2-6-11(14)12/h10-11H,2-9,12H2,1H3. The van der Waals surface area contributed by atoms with Gasteiger partial charge in [-0.1, -0.05) is 6.92 Å². The van der Waals surface area contributed by atoms with Crippen molar-refractivity contribution in [2.24, 2.45) is 11.7 Å². The lowest BCUT2D eigenvalue weighted by molar-refractivity contribution is 0.213. The molecular weight excluding hydrogens is 238 g/mol. The second kappa shape index (κ2) is 5.22. The summed E-state index contributed by atoms with van der Waals surface area (Å²) < 4.78 is 28.0. The molecule has 2 N–H and O–H groups in total. The van der Waals surface area contributed by atoms with Gasteiger partial charge in [-0.05, 0) is 38.0 Å². The van der Waals surface area contributed by atoms with Crippen molar-refractivity contribution in [2.45, 2.75) is 45.2 Å². The van der Waals surface area contributed by atoms with Gasteiger partial charge < -0.3 is 5.73 Å². The summed E-state index contributed by atoms with van der Waals surface area (Å²) in [7, 11) is -3.33. The molecule has 6 heteroatoms. The molecule has 2 unspecified atom stereocenters. The summed E-state index contributed by atoms with van der Waals surface area (Å²) in [6.45, 7) is 3.98. The molecule has 2 rings (SSSR count). The van der Waals surface area contributed by atoms with Gasteiger partial charge in [0.05, 0.1) is 6.17 Å². The summed E-state index contributed by atoms with van der Waals surface area (Å²) in [5.74, 6) is 0.458. The van der Waals surface area contributed by atoms with Gasteiger partial charge in [0.15, 0.2) is 0 Å². The van der Waals surface area contributed by atoms with Crippen LogP contribution >= 0.6 is 0 Å². The lowest BCUT2D eigenvalue weighted by Crippen LogP contribution is -2.55. The minimum Gasteiger partial charge on any atom is -0.315 e. The fourth-order valence-corrected chi connectivity index (χ4v) is 4.63. The molecule has 2 atom stereocenters. The van der Waals surface area contributed by atoms with Crippen LogP contribution in [-0.4, -0.2) is 42.8 Å². The predicted octanol–water partition coefficient (Wildman–Crippen LogP) is 0.734. The van der Waals surface area contributed by atoms with Crippen LogP contribution in [0.2, 0.25) is 0 Å². The smallest absolute Gasteiger partial charge is 0.283 e. The first-order chi connectivity index (χ1) is 8.01. The first kappa shape index (κ1) is 13.3. The molecular formula is C11H23N3O2S. The molecule has 0 aromatic heterocycles. The van der Waals surface area contributed by atoms with Gasteiger partial charge in [0, 0.05) is 19.6 Å². The number of hydrogen-bond donors (Lipinski definition) is 1. The Bertz CT molecular complexity index is 358. The van der Waals surface area contributed by atoms with Crippen molar-refractivity contribution in [3.63, 3.8) is 0 Å². The minimum atomic E-state index is -3.33. The Morgan fingerprint density at radius 2 is 1.88 bits per heavy atom. The van der Waals surface area contributed by atoms with Gasteiger partial charge in [-0.3, -0.25) is 0 Å². The molecule has 0 aromatic carbocycles. The van der Waals surface area contributed by atoms with E-state index >= 15 is 0 Å². The lowest BCUT2D eigenvalue weighted by atomic mass is 10.0. The van der Waals surface area contributed by atoms with Gasteiger partial charge >= 0.3 is 0 Å². The zero-order chi connectivity index (χ0) is 12.5. The van der Waals surface area contributed by atoms with Crippen LogP contribution in [0.1, 0.15) is 39.0 Å². The van der Waals surface area contributed by atoms with E-state index < -0.39 is 10.2 Å². The van der Waals surface area contributed by atoms with Crippen LogP contribution in [0.4, 0.5) is 0 Å². The van der Waals surface area contributed by atoms with Gasteiger partial charge in [0.1, 0.15) is 0 Å². The zero-order valence-corrected chi connectivity index (χ0v) is 11.3. The largest absolute Gasteiger partial charge is 0.315 e. The summed E-state index contributed by atoms with van der Waals surface area (Å²) in [5.41, 5.74) is 5.93. The van der Waals surface area contributed by atoms with Gasteiger partial charge in [0.2, 0.25) is 0 Å². The van der Waals surface area contributed by atoms with Crippen LogP contribution in [0.15, 0.2) is 0 Å². The number of piperidine rings is 2. The molecule has 2 fully saturated rings. The van der Waals surface area contributed by atoms with Crippen molar-refractivity contribution >= 4 is 10.2 Å². The highest BCUT2D eigenvalue weighted by molar-refractivity contribution is 7.86. The van der Waals surface area contributed by atoms with Crippen molar-refractivity contribution in [2.75, 3.05) is 19.6 Å². The van der Waals surface area contributed by atoms with E-state index in [1.807, 2.05) is 0 Å². The molecule has 5 nitrogen and oxygen atoms in total. The summed E-state index contributed by atoms with van der Waals surface area (Å²) in [6, 6.07) is 0. The van der Waals surface area contributed by atoms with Crippen molar-refractivity contribution in [1.29, 1.82) is 0 Å². The molecule has 2 heterocycles. The molecule has 0 amide bonds. The van der Waals surface area contributed by atoms with E-state index in [1.165, 1.54) is 4.31 Å². The Morgan fingerprint density at radius 1 is 1.12 bits per heavy atom. The third-order valence-electron chi connectivity index (χ3n) is 3.74. The van der Waals surface area contributed by atoms with E-state index in [2.05, 4.69) is 6.92 Å². The minimum absolute atomic E-state index is 0.328. The molecule has 17 heavy (non-hydrogen) atoms. The summed E-state index contributed by atoms with van der Waals surface area (Å²) in [6.07, 6.45) is 4.50. The molecule has 0 aromatic rings. The Morgan fingerprint density at radius 3 is 2.53 bits per heavy atom. The molecule has 0 bridgehead atoms. The Labute approximate surface area is 104 Å². The van der Waals surface area contributed by atoms with E-state index in [-0.39, 0.29) is 6.17 Å². The van der Waals surface area contributed by atoms with Crippen LogP contribution in [0.25, 0.3) is 0 Å². The Kier molecular flexibility index (Phi) is 4.07. The van der Waals surface area contributed by atoms with Gasteiger partial charge in [-0.2, -0.15) is 17.0 Å². The highest BCUT2D eigenvalue weighted by atomic mass is 32.2. The van der Waals surface area contributed by atoms with Crippen LogP contribution in [0.5, 0.6) is 0 Å². The first-order valence-electron chi connectivity index (χ1n) is 6.54. The third-order valence-corrected chi connectivity index (χ3v) is 5.77. The number of nitrogens with zero attached hydrogens (tertiary/aromatic N) is 2.